The minimum Gasteiger partial charge on any atom is -0.508 e. The van der Waals surface area contributed by atoms with E-state index in [4.69, 9.17) is 4.74 Å². The second-order valence-corrected chi connectivity index (χ2v) is 11.8. The van der Waals surface area contributed by atoms with Crippen molar-refractivity contribution in [3.8, 4) is 22.8 Å². The number of hydrogen-bond acceptors (Lipinski definition) is 4. The molecule has 1 aliphatic rings. The molecule has 1 saturated heterocycles. The maximum atomic E-state index is 12.9. The monoisotopic (exact) mass is 610 g/mol. The molecule has 2 heterocycles. The maximum absolute atomic E-state index is 12.9. The summed E-state index contributed by atoms with van der Waals surface area (Å²) in [6, 6.07) is 12.8. The summed E-state index contributed by atoms with van der Waals surface area (Å²) in [6.45, 7) is 6.34. The normalized spacial score (nSPS) is 15.5. The molecule has 1 aliphatic heterocycles. The van der Waals surface area contributed by atoms with Gasteiger partial charge in [-0.25, -0.2) is 0 Å². The first-order chi connectivity index (χ1) is 20.5. The predicted molar refractivity (Wildman–Crippen MR) is 159 cm³/mol. The Hall–Kier alpha value is -2.85. The van der Waals surface area contributed by atoms with E-state index in [0.29, 0.717) is 12.5 Å². The highest BCUT2D eigenvalue weighted by molar-refractivity contribution is 5.92. The van der Waals surface area contributed by atoms with Crippen LogP contribution in [0.4, 0.5) is 22.0 Å². The Morgan fingerprint density at radius 3 is 2.14 bits per heavy atom. The largest absolute Gasteiger partial charge is 0.508 e. The molecular weight excluding hydrogens is 567 g/mol. The number of ether oxygens (including phenoxy) is 1. The first-order valence-corrected chi connectivity index (χ1v) is 15.3. The number of unbranched alkanes of at least 4 members (excludes halogenated alkanes) is 3. The second-order valence-electron chi connectivity index (χ2n) is 11.8. The van der Waals surface area contributed by atoms with Gasteiger partial charge in [-0.3, -0.25) is 0 Å². The second kappa shape index (κ2) is 14.8. The first kappa shape index (κ1) is 33.1. The molecule has 10 heteroatoms. The van der Waals surface area contributed by atoms with Gasteiger partial charge in [0, 0.05) is 37.1 Å². The number of aryl methyl sites for hydroxylation is 2. The molecule has 0 bridgehead atoms. The van der Waals surface area contributed by atoms with Crippen molar-refractivity contribution >= 4 is 10.9 Å². The van der Waals surface area contributed by atoms with E-state index >= 15 is 0 Å². The van der Waals surface area contributed by atoms with Crippen molar-refractivity contribution in [1.82, 2.24) is 9.47 Å². The van der Waals surface area contributed by atoms with E-state index < -0.39 is 18.5 Å². The molecule has 2 aromatic carbocycles. The van der Waals surface area contributed by atoms with Gasteiger partial charge in [0.2, 0.25) is 0 Å². The van der Waals surface area contributed by atoms with Gasteiger partial charge >= 0.3 is 12.1 Å². The van der Waals surface area contributed by atoms with E-state index in [-0.39, 0.29) is 24.5 Å². The van der Waals surface area contributed by atoms with E-state index in [9.17, 15) is 32.2 Å². The number of alkyl halides is 5. The average Bonchev–Trinajstić information content (AvgIpc) is 3.23. The number of benzene rings is 2. The highest BCUT2D eigenvalue weighted by Gasteiger charge is 2.56. The Morgan fingerprint density at radius 2 is 1.47 bits per heavy atom. The zero-order chi connectivity index (χ0) is 31.0. The lowest BCUT2D eigenvalue weighted by Crippen LogP contribution is -2.36. The van der Waals surface area contributed by atoms with Gasteiger partial charge in [-0.15, -0.1) is 0 Å². The van der Waals surface area contributed by atoms with Crippen molar-refractivity contribution in [1.29, 1.82) is 0 Å². The molecular formula is C33H43F5N2O3. The SMILES string of the molecule is Cc1c(-c2ccc(O)cc2)n(CCCCCCN2CCC(CCOCCCC(F)(F)C(F)(F)F)CC2)c2ccc(O)cc12. The molecule has 0 radical (unpaired) electrons. The first-order valence-electron chi connectivity index (χ1n) is 15.3. The molecule has 0 unspecified atom stereocenters. The number of fused-ring (bicyclic) bond motifs is 1. The fraction of sp³-hybridized carbons (Fsp3) is 0.576. The van der Waals surface area contributed by atoms with Crippen LogP contribution < -0.4 is 0 Å². The minimum atomic E-state index is -5.50. The quantitative estimate of drug-likeness (QED) is 0.134. The van der Waals surface area contributed by atoms with E-state index in [1.807, 2.05) is 24.3 Å². The van der Waals surface area contributed by atoms with Crippen LogP contribution in [-0.4, -0.2) is 64.6 Å². The third kappa shape index (κ3) is 8.85. The molecule has 0 aliphatic carbocycles. The Labute approximate surface area is 250 Å². The average molecular weight is 611 g/mol. The third-order valence-corrected chi connectivity index (χ3v) is 8.62. The number of hydrogen-bond donors (Lipinski definition) is 2. The van der Waals surface area contributed by atoms with Crippen LogP contribution in [0, 0.1) is 12.8 Å². The van der Waals surface area contributed by atoms with Gasteiger partial charge in [0.25, 0.3) is 0 Å². The number of rotatable bonds is 15. The van der Waals surface area contributed by atoms with E-state index in [1.54, 1.807) is 18.2 Å². The summed E-state index contributed by atoms with van der Waals surface area (Å²) in [5.74, 6) is -3.68. The lowest BCUT2D eigenvalue weighted by molar-refractivity contribution is -0.285. The van der Waals surface area contributed by atoms with E-state index in [2.05, 4.69) is 16.4 Å². The van der Waals surface area contributed by atoms with Crippen LogP contribution in [0.1, 0.15) is 63.4 Å². The smallest absolute Gasteiger partial charge is 0.453 e. The van der Waals surface area contributed by atoms with Crippen LogP contribution in [-0.2, 0) is 11.3 Å². The van der Waals surface area contributed by atoms with Gasteiger partial charge < -0.3 is 24.4 Å². The topological polar surface area (TPSA) is 57.9 Å². The van der Waals surface area contributed by atoms with Gasteiger partial charge in [0.1, 0.15) is 11.5 Å². The predicted octanol–water partition coefficient (Wildman–Crippen LogP) is 8.68. The van der Waals surface area contributed by atoms with Gasteiger partial charge in [0.05, 0.1) is 5.69 Å². The van der Waals surface area contributed by atoms with Crippen LogP contribution in [0.5, 0.6) is 11.5 Å². The highest BCUT2D eigenvalue weighted by atomic mass is 19.4. The number of phenolic OH excluding ortho intramolecular Hbond substituents is 2. The van der Waals surface area contributed by atoms with Crippen LogP contribution in [0.25, 0.3) is 22.2 Å². The van der Waals surface area contributed by atoms with E-state index in [1.165, 1.54) is 0 Å². The number of aromatic nitrogens is 1. The summed E-state index contributed by atoms with van der Waals surface area (Å²) < 4.78 is 70.1. The third-order valence-electron chi connectivity index (χ3n) is 8.62. The zero-order valence-corrected chi connectivity index (χ0v) is 24.8. The van der Waals surface area contributed by atoms with Crippen LogP contribution in [0.2, 0.25) is 0 Å². The number of aromatic hydroxyl groups is 2. The van der Waals surface area contributed by atoms with Crippen molar-refractivity contribution in [2.24, 2.45) is 5.92 Å². The van der Waals surface area contributed by atoms with Crippen molar-refractivity contribution < 1.29 is 36.9 Å². The minimum absolute atomic E-state index is 0.0770. The molecule has 3 aromatic rings. The number of piperidine rings is 1. The van der Waals surface area contributed by atoms with Gasteiger partial charge in [-0.2, -0.15) is 22.0 Å². The number of likely N-dealkylation sites (tertiary alicyclic amines) is 1. The Balaban J connectivity index is 1.13. The van der Waals surface area contributed by atoms with Crippen LogP contribution in [0.3, 0.4) is 0 Å². The van der Waals surface area contributed by atoms with Crippen molar-refractivity contribution in [3.05, 3.63) is 48.0 Å². The highest BCUT2D eigenvalue weighted by Crippen LogP contribution is 2.39. The molecule has 0 spiro atoms. The van der Waals surface area contributed by atoms with Gasteiger partial charge in [0.15, 0.2) is 0 Å². The lowest BCUT2D eigenvalue weighted by Gasteiger charge is -2.32. The van der Waals surface area contributed by atoms with Crippen LogP contribution in [0.15, 0.2) is 42.5 Å². The molecule has 2 N–H and O–H groups in total. The summed E-state index contributed by atoms with van der Waals surface area (Å²) in [4.78, 5) is 2.48. The molecule has 1 aromatic heterocycles. The fourth-order valence-corrected chi connectivity index (χ4v) is 6.08. The Morgan fingerprint density at radius 1 is 0.814 bits per heavy atom. The Kier molecular flexibility index (Phi) is 11.3. The lowest BCUT2D eigenvalue weighted by atomic mass is 9.94. The van der Waals surface area contributed by atoms with E-state index in [0.717, 1.165) is 98.8 Å². The molecule has 1 fully saturated rings. The molecule has 43 heavy (non-hydrogen) atoms. The van der Waals surface area contributed by atoms with Crippen molar-refractivity contribution in [2.75, 3.05) is 32.8 Å². The summed E-state index contributed by atoms with van der Waals surface area (Å²) in [5, 5.41) is 20.9. The molecule has 0 amide bonds. The standard InChI is InChI=1S/C33H43F5N2O3/c1-24-29-23-28(42)11-12-30(29)40(31(24)26-7-9-27(41)10-8-26)18-5-3-2-4-17-39-19-13-25(14-20-39)15-22-43-21-6-16-32(34,35)33(36,37)38/h7-12,23,25,41-42H,2-6,13-22H2,1H3. The molecule has 5 nitrogen and oxygen atoms in total. The summed E-state index contributed by atoms with van der Waals surface area (Å²) in [5.41, 5.74) is 4.34. The summed E-state index contributed by atoms with van der Waals surface area (Å²) >= 11 is 0. The van der Waals surface area contributed by atoms with Crippen LogP contribution >= 0.6 is 0 Å². The number of nitrogens with zero attached hydrogens (tertiary/aromatic N) is 2. The maximum Gasteiger partial charge on any atom is 0.453 e. The molecule has 0 atom stereocenters. The van der Waals surface area contributed by atoms with Gasteiger partial charge in [-0.1, -0.05) is 12.8 Å². The fourth-order valence-electron chi connectivity index (χ4n) is 6.08. The number of phenols is 2. The summed E-state index contributed by atoms with van der Waals surface area (Å²) in [6.07, 6.45) is 0.263. The molecule has 238 valence electrons. The summed E-state index contributed by atoms with van der Waals surface area (Å²) in [7, 11) is 0. The van der Waals surface area contributed by atoms with Gasteiger partial charge in [-0.05, 0) is 125 Å². The molecule has 0 saturated carbocycles. The van der Waals surface area contributed by atoms with Crippen molar-refractivity contribution in [3.63, 3.8) is 0 Å². The Bertz CT molecular complexity index is 1300. The van der Waals surface area contributed by atoms with Crippen molar-refractivity contribution in [2.45, 2.75) is 83.4 Å². The zero-order valence-electron chi connectivity index (χ0n) is 24.8. The number of halogens is 5. The molecule has 4 rings (SSSR count).